The summed E-state index contributed by atoms with van der Waals surface area (Å²) in [6.07, 6.45) is 2.85. The monoisotopic (exact) mass is 409 g/mol. The molecule has 0 aliphatic carbocycles. The first kappa shape index (κ1) is 21.3. The second kappa shape index (κ2) is 9.87. The van der Waals surface area contributed by atoms with Gasteiger partial charge in [-0.15, -0.1) is 0 Å². The minimum atomic E-state index is -0.562. The number of rotatable bonds is 6. The maximum atomic E-state index is 14.1. The van der Waals surface area contributed by atoms with Gasteiger partial charge in [-0.3, -0.25) is 4.79 Å². The molecular weight excluding hydrogens is 380 g/mol. The van der Waals surface area contributed by atoms with Gasteiger partial charge in [0.1, 0.15) is 23.9 Å². The molecule has 0 spiro atoms. The van der Waals surface area contributed by atoms with E-state index in [1.54, 1.807) is 19.0 Å². The van der Waals surface area contributed by atoms with Crippen LogP contribution in [0.2, 0.25) is 0 Å². The molecule has 0 radical (unpaired) electrons. The van der Waals surface area contributed by atoms with E-state index in [0.29, 0.717) is 32.0 Å². The van der Waals surface area contributed by atoms with Crippen LogP contribution in [0.5, 0.6) is 0 Å². The number of amides is 1. The third kappa shape index (κ3) is 5.79. The third-order valence-electron chi connectivity index (χ3n) is 5.18. The van der Waals surface area contributed by atoms with Gasteiger partial charge in [0.05, 0.1) is 6.10 Å². The van der Waals surface area contributed by atoms with E-state index in [9.17, 15) is 13.6 Å². The van der Waals surface area contributed by atoms with E-state index >= 15 is 0 Å². The Kier molecular flexibility index (Phi) is 7.24. The summed E-state index contributed by atoms with van der Waals surface area (Å²) in [5.41, 5.74) is 0.00499. The molecule has 2 heterocycles. The van der Waals surface area contributed by atoms with Gasteiger partial charge in [-0.05, 0) is 31.4 Å². The summed E-state index contributed by atoms with van der Waals surface area (Å²) in [4.78, 5) is 19.5. The van der Waals surface area contributed by atoms with Gasteiger partial charge < -0.3 is 25.2 Å². The minimum Gasteiger partial charge on any atom is -0.376 e. The number of nitrogens with one attached hydrogen (secondary N) is 2. The van der Waals surface area contributed by atoms with Gasteiger partial charge in [-0.2, -0.15) is 0 Å². The van der Waals surface area contributed by atoms with E-state index in [1.807, 2.05) is 0 Å². The van der Waals surface area contributed by atoms with Gasteiger partial charge in [0.2, 0.25) is 5.91 Å². The Bertz CT molecular complexity index is 717. The first-order chi connectivity index (χ1) is 13.9. The van der Waals surface area contributed by atoms with Gasteiger partial charge in [-0.25, -0.2) is 13.8 Å². The lowest BCUT2D eigenvalue weighted by Crippen LogP contribution is -2.47. The second-order valence-corrected chi connectivity index (χ2v) is 7.62. The van der Waals surface area contributed by atoms with Crippen LogP contribution in [0.15, 0.2) is 23.2 Å². The van der Waals surface area contributed by atoms with Crippen LogP contribution in [0, 0.1) is 11.6 Å². The highest BCUT2D eigenvalue weighted by Gasteiger charge is 2.27. The van der Waals surface area contributed by atoms with Crippen LogP contribution in [0.1, 0.15) is 19.3 Å². The maximum Gasteiger partial charge on any atom is 0.243 e. The molecule has 29 heavy (non-hydrogen) atoms. The number of carbonyl (C=O) groups excluding carboxylic acids is 1. The first-order valence-corrected chi connectivity index (χ1v) is 9.99. The zero-order valence-corrected chi connectivity index (χ0v) is 17.0. The Hall–Kier alpha value is -2.42. The number of hydrogen-bond donors (Lipinski definition) is 2. The van der Waals surface area contributed by atoms with Crippen molar-refractivity contribution in [3.8, 4) is 0 Å². The molecule has 7 nitrogen and oxygen atoms in total. The summed E-state index contributed by atoms with van der Waals surface area (Å²) >= 11 is 0. The number of anilines is 1. The van der Waals surface area contributed by atoms with Crippen LogP contribution in [0.3, 0.4) is 0 Å². The molecule has 9 heteroatoms. The van der Waals surface area contributed by atoms with E-state index in [0.717, 1.165) is 19.4 Å². The lowest BCUT2D eigenvalue weighted by Gasteiger charge is -2.22. The van der Waals surface area contributed by atoms with Gasteiger partial charge in [0, 0.05) is 46.4 Å². The molecule has 2 aliphatic rings. The molecule has 1 aromatic carbocycles. The van der Waals surface area contributed by atoms with Crippen molar-refractivity contribution < 1.29 is 18.3 Å². The average Bonchev–Trinajstić information content (AvgIpc) is 3.35. The fourth-order valence-corrected chi connectivity index (χ4v) is 3.52. The van der Waals surface area contributed by atoms with Crippen LogP contribution >= 0.6 is 0 Å². The molecule has 160 valence electrons. The first-order valence-electron chi connectivity index (χ1n) is 9.99. The molecule has 1 aromatic rings. The van der Waals surface area contributed by atoms with E-state index in [-0.39, 0.29) is 30.3 Å². The van der Waals surface area contributed by atoms with Crippen molar-refractivity contribution in [2.24, 2.45) is 4.99 Å². The Labute approximate surface area is 170 Å². The number of carbonyl (C=O) groups is 1. The van der Waals surface area contributed by atoms with E-state index in [1.165, 1.54) is 23.1 Å². The lowest BCUT2D eigenvalue weighted by molar-refractivity contribution is -0.127. The second-order valence-electron chi connectivity index (χ2n) is 7.62. The number of nitrogens with zero attached hydrogens (tertiary/aromatic N) is 3. The van der Waals surface area contributed by atoms with E-state index in [4.69, 9.17) is 4.74 Å². The minimum absolute atomic E-state index is 0.00499. The third-order valence-corrected chi connectivity index (χ3v) is 5.18. The highest BCUT2D eigenvalue weighted by Crippen LogP contribution is 2.26. The van der Waals surface area contributed by atoms with E-state index in [2.05, 4.69) is 15.6 Å². The summed E-state index contributed by atoms with van der Waals surface area (Å²) in [6, 6.07) is 3.85. The van der Waals surface area contributed by atoms with Crippen molar-refractivity contribution in [2.45, 2.75) is 31.4 Å². The average molecular weight is 409 g/mol. The van der Waals surface area contributed by atoms with Crippen LogP contribution in [0.25, 0.3) is 0 Å². The Morgan fingerprint density at radius 2 is 2.07 bits per heavy atom. The quantitative estimate of drug-likeness (QED) is 0.548. The fourth-order valence-electron chi connectivity index (χ4n) is 3.52. The van der Waals surface area contributed by atoms with Crippen molar-refractivity contribution in [3.05, 3.63) is 29.8 Å². The molecule has 2 unspecified atom stereocenters. The van der Waals surface area contributed by atoms with Gasteiger partial charge in [0.25, 0.3) is 0 Å². The number of aliphatic imine (C=N–C) groups is 1. The largest absolute Gasteiger partial charge is 0.376 e. The molecule has 1 amide bonds. The number of halogens is 2. The molecule has 2 aliphatic heterocycles. The number of benzene rings is 1. The lowest BCUT2D eigenvalue weighted by atomic mass is 10.2. The zero-order valence-electron chi connectivity index (χ0n) is 17.0. The molecular formula is C20H29F2N5O2. The highest BCUT2D eigenvalue weighted by molar-refractivity contribution is 5.85. The van der Waals surface area contributed by atoms with Crippen LogP contribution in [-0.2, 0) is 9.53 Å². The van der Waals surface area contributed by atoms with Crippen molar-refractivity contribution in [1.29, 1.82) is 0 Å². The SMILES string of the molecule is CN(C)C(=O)CN=C(NCC1CCCO1)NC1CCN(c2c(F)cccc2F)C1. The number of ether oxygens (including phenoxy) is 1. The summed E-state index contributed by atoms with van der Waals surface area (Å²) in [5.74, 6) is -0.721. The molecule has 0 bridgehead atoms. The molecule has 2 atom stereocenters. The van der Waals surface area contributed by atoms with Crippen molar-refractivity contribution in [1.82, 2.24) is 15.5 Å². The summed E-state index contributed by atoms with van der Waals surface area (Å²) in [7, 11) is 3.37. The predicted molar refractivity (Wildman–Crippen MR) is 108 cm³/mol. The zero-order chi connectivity index (χ0) is 20.8. The van der Waals surface area contributed by atoms with Crippen molar-refractivity contribution >= 4 is 17.6 Å². The smallest absolute Gasteiger partial charge is 0.243 e. The molecule has 2 N–H and O–H groups in total. The van der Waals surface area contributed by atoms with E-state index < -0.39 is 11.6 Å². The standard InChI is InChI=1S/C20H29F2N5O2/c1-26(2)18(28)12-24-20(23-11-15-5-4-10-29-15)25-14-8-9-27(13-14)19-16(21)6-3-7-17(19)22/h3,6-7,14-15H,4-5,8-13H2,1-2H3,(H2,23,24,25). The maximum absolute atomic E-state index is 14.1. The van der Waals surface area contributed by atoms with Crippen LogP contribution in [-0.4, -0.2) is 75.8 Å². The number of hydrogen-bond acceptors (Lipinski definition) is 4. The highest BCUT2D eigenvalue weighted by atomic mass is 19.1. The topological polar surface area (TPSA) is 69.2 Å². The molecule has 0 aromatic heterocycles. The Balaban J connectivity index is 1.62. The van der Waals surface area contributed by atoms with Gasteiger partial charge in [0.15, 0.2) is 5.96 Å². The summed E-state index contributed by atoms with van der Waals surface area (Å²) in [6.45, 7) is 2.36. The summed E-state index contributed by atoms with van der Waals surface area (Å²) < 4.78 is 33.8. The van der Waals surface area contributed by atoms with Crippen molar-refractivity contribution in [3.63, 3.8) is 0 Å². The van der Waals surface area contributed by atoms with Crippen LogP contribution < -0.4 is 15.5 Å². The Morgan fingerprint density at radius 1 is 1.31 bits per heavy atom. The van der Waals surface area contributed by atoms with Crippen molar-refractivity contribution in [2.75, 3.05) is 51.8 Å². The number of para-hydroxylation sites is 1. The predicted octanol–water partition coefficient (Wildman–Crippen LogP) is 1.35. The molecule has 2 saturated heterocycles. The molecule has 2 fully saturated rings. The fraction of sp³-hybridized carbons (Fsp3) is 0.600. The van der Waals surface area contributed by atoms with Gasteiger partial charge in [-0.1, -0.05) is 6.07 Å². The molecule has 3 rings (SSSR count). The summed E-state index contributed by atoms with van der Waals surface area (Å²) in [5, 5.41) is 6.54. The molecule has 0 saturated carbocycles. The number of likely N-dealkylation sites (N-methyl/N-ethyl adjacent to an activating group) is 1. The number of guanidine groups is 1. The van der Waals surface area contributed by atoms with Crippen LogP contribution in [0.4, 0.5) is 14.5 Å². The Morgan fingerprint density at radius 3 is 2.72 bits per heavy atom. The normalized spacial score (nSPS) is 22.1. The van der Waals surface area contributed by atoms with Gasteiger partial charge >= 0.3 is 0 Å².